The summed E-state index contributed by atoms with van der Waals surface area (Å²) in [6.07, 6.45) is 0.871. The Kier molecular flexibility index (Phi) is 5.89. The minimum absolute atomic E-state index is 0.0481. The number of anilines is 1. The first-order chi connectivity index (χ1) is 13.1. The Hall–Kier alpha value is -2.69. The highest BCUT2D eigenvalue weighted by Crippen LogP contribution is 2.40. The van der Waals surface area contributed by atoms with Crippen molar-refractivity contribution in [3.05, 3.63) is 47.0 Å². The lowest BCUT2D eigenvalue weighted by atomic mass is 10.1. The van der Waals surface area contributed by atoms with Crippen LogP contribution in [0.3, 0.4) is 0 Å². The van der Waals surface area contributed by atoms with Gasteiger partial charge in [-0.2, -0.15) is 0 Å². The second-order valence-corrected chi connectivity index (χ2v) is 6.39. The molecular formula is C22H27NO4. The van der Waals surface area contributed by atoms with Crippen LogP contribution in [0.1, 0.15) is 42.3 Å². The van der Waals surface area contributed by atoms with E-state index in [-0.39, 0.29) is 5.91 Å². The van der Waals surface area contributed by atoms with Crippen LogP contribution in [0, 0.1) is 6.92 Å². The van der Waals surface area contributed by atoms with Crippen molar-refractivity contribution in [2.75, 3.05) is 31.3 Å². The van der Waals surface area contributed by atoms with Crippen LogP contribution >= 0.6 is 0 Å². The third-order valence-corrected chi connectivity index (χ3v) is 4.60. The Morgan fingerprint density at radius 1 is 1.00 bits per heavy atom. The van der Waals surface area contributed by atoms with Gasteiger partial charge in [-0.1, -0.05) is 18.2 Å². The second-order valence-electron chi connectivity index (χ2n) is 6.39. The molecule has 0 atom stereocenters. The van der Waals surface area contributed by atoms with E-state index in [1.807, 2.05) is 44.7 Å². The standard InChI is InChI=1S/C22H27NO4/c1-5-25-18-13-17(14-19(26-6-2)21(18)27-7-3)22(24)23-12-11-16-10-8-9-15(4)20(16)23/h8-10,13-14H,5-7,11-12H2,1-4H3. The molecule has 5 heteroatoms. The molecule has 3 rings (SSSR count). The van der Waals surface area contributed by atoms with Gasteiger partial charge in [-0.3, -0.25) is 4.79 Å². The fourth-order valence-electron chi connectivity index (χ4n) is 3.52. The molecule has 0 aliphatic carbocycles. The Labute approximate surface area is 160 Å². The molecule has 0 aromatic heterocycles. The number of para-hydroxylation sites is 1. The van der Waals surface area contributed by atoms with Crippen LogP contribution in [-0.4, -0.2) is 32.3 Å². The Morgan fingerprint density at radius 2 is 1.63 bits per heavy atom. The summed E-state index contributed by atoms with van der Waals surface area (Å²) in [5.74, 6) is 1.58. The summed E-state index contributed by atoms with van der Waals surface area (Å²) >= 11 is 0. The molecule has 1 amide bonds. The number of aryl methyl sites for hydroxylation is 1. The molecule has 0 spiro atoms. The van der Waals surface area contributed by atoms with Crippen LogP contribution in [-0.2, 0) is 6.42 Å². The smallest absolute Gasteiger partial charge is 0.258 e. The number of hydrogen-bond acceptors (Lipinski definition) is 4. The number of carbonyl (C=O) groups excluding carboxylic acids is 1. The average Bonchev–Trinajstić information content (AvgIpc) is 3.09. The zero-order chi connectivity index (χ0) is 19.4. The number of carbonyl (C=O) groups is 1. The zero-order valence-electron chi connectivity index (χ0n) is 16.5. The van der Waals surface area contributed by atoms with E-state index < -0.39 is 0 Å². The van der Waals surface area contributed by atoms with Crippen LogP contribution in [0.2, 0.25) is 0 Å². The zero-order valence-corrected chi connectivity index (χ0v) is 16.5. The third kappa shape index (κ3) is 3.72. The lowest BCUT2D eigenvalue weighted by Crippen LogP contribution is -2.29. The maximum atomic E-state index is 13.3. The summed E-state index contributed by atoms with van der Waals surface area (Å²) < 4.78 is 17.2. The van der Waals surface area contributed by atoms with E-state index in [0.29, 0.717) is 49.2 Å². The summed E-state index contributed by atoms with van der Waals surface area (Å²) in [7, 11) is 0. The maximum Gasteiger partial charge on any atom is 0.258 e. The highest BCUT2D eigenvalue weighted by molar-refractivity contribution is 6.08. The predicted octanol–water partition coefficient (Wildman–Crippen LogP) is 4.39. The number of fused-ring (bicyclic) bond motifs is 1. The largest absolute Gasteiger partial charge is 0.490 e. The molecule has 0 fully saturated rings. The summed E-state index contributed by atoms with van der Waals surface area (Å²) in [5, 5.41) is 0. The molecule has 0 N–H and O–H groups in total. The van der Waals surface area contributed by atoms with Gasteiger partial charge in [0, 0.05) is 12.1 Å². The summed E-state index contributed by atoms with van der Waals surface area (Å²) in [5.41, 5.74) is 3.89. The molecule has 0 unspecified atom stereocenters. The maximum absolute atomic E-state index is 13.3. The SMILES string of the molecule is CCOc1cc(C(=O)N2CCc3cccc(C)c32)cc(OCC)c1OCC. The average molecular weight is 369 g/mol. The molecule has 0 bridgehead atoms. The number of hydrogen-bond donors (Lipinski definition) is 0. The molecule has 1 heterocycles. The van der Waals surface area contributed by atoms with Gasteiger partial charge < -0.3 is 19.1 Å². The lowest BCUT2D eigenvalue weighted by molar-refractivity contribution is 0.0988. The van der Waals surface area contributed by atoms with E-state index in [1.165, 1.54) is 5.56 Å². The molecule has 2 aromatic carbocycles. The van der Waals surface area contributed by atoms with Crippen molar-refractivity contribution in [2.45, 2.75) is 34.1 Å². The Morgan fingerprint density at radius 3 is 2.22 bits per heavy atom. The van der Waals surface area contributed by atoms with Crippen molar-refractivity contribution in [1.82, 2.24) is 0 Å². The normalized spacial score (nSPS) is 12.7. The van der Waals surface area contributed by atoms with Crippen LogP contribution in [0.4, 0.5) is 5.69 Å². The minimum atomic E-state index is -0.0481. The van der Waals surface area contributed by atoms with Gasteiger partial charge in [-0.15, -0.1) is 0 Å². The van der Waals surface area contributed by atoms with E-state index in [9.17, 15) is 4.79 Å². The van der Waals surface area contributed by atoms with E-state index in [1.54, 1.807) is 12.1 Å². The highest BCUT2D eigenvalue weighted by Gasteiger charge is 2.28. The van der Waals surface area contributed by atoms with Crippen LogP contribution in [0.5, 0.6) is 17.2 Å². The molecule has 27 heavy (non-hydrogen) atoms. The second kappa shape index (κ2) is 8.33. The minimum Gasteiger partial charge on any atom is -0.490 e. The lowest BCUT2D eigenvalue weighted by Gasteiger charge is -2.21. The summed E-state index contributed by atoms with van der Waals surface area (Å²) in [6.45, 7) is 9.90. The van der Waals surface area contributed by atoms with E-state index in [2.05, 4.69) is 6.07 Å². The molecule has 1 aliphatic heterocycles. The first-order valence-corrected chi connectivity index (χ1v) is 9.57. The van der Waals surface area contributed by atoms with E-state index >= 15 is 0 Å². The van der Waals surface area contributed by atoms with Gasteiger partial charge in [0.2, 0.25) is 5.75 Å². The first kappa shape index (κ1) is 19.1. The van der Waals surface area contributed by atoms with Crippen molar-refractivity contribution in [1.29, 1.82) is 0 Å². The highest BCUT2D eigenvalue weighted by atomic mass is 16.5. The summed E-state index contributed by atoms with van der Waals surface area (Å²) in [6, 6.07) is 9.69. The van der Waals surface area contributed by atoms with Crippen LogP contribution < -0.4 is 19.1 Å². The van der Waals surface area contributed by atoms with Gasteiger partial charge in [0.1, 0.15) is 0 Å². The Balaban J connectivity index is 2.03. The number of benzene rings is 2. The molecule has 0 saturated carbocycles. The number of ether oxygens (including phenoxy) is 3. The van der Waals surface area contributed by atoms with Gasteiger partial charge in [0.25, 0.3) is 5.91 Å². The Bertz CT molecular complexity index is 804. The molecular weight excluding hydrogens is 342 g/mol. The number of amides is 1. The van der Waals surface area contributed by atoms with Gasteiger partial charge in [-0.05, 0) is 57.4 Å². The van der Waals surface area contributed by atoms with Gasteiger partial charge >= 0.3 is 0 Å². The van der Waals surface area contributed by atoms with Crippen molar-refractivity contribution < 1.29 is 19.0 Å². The topological polar surface area (TPSA) is 48.0 Å². The van der Waals surface area contributed by atoms with Crippen LogP contribution in [0.25, 0.3) is 0 Å². The van der Waals surface area contributed by atoms with Crippen molar-refractivity contribution >= 4 is 11.6 Å². The fraction of sp³-hybridized carbons (Fsp3) is 0.409. The predicted molar refractivity (Wildman–Crippen MR) is 107 cm³/mol. The summed E-state index contributed by atoms with van der Waals surface area (Å²) in [4.78, 5) is 15.2. The monoisotopic (exact) mass is 369 g/mol. The molecule has 0 radical (unpaired) electrons. The molecule has 5 nitrogen and oxygen atoms in total. The van der Waals surface area contributed by atoms with Gasteiger partial charge in [0.15, 0.2) is 11.5 Å². The number of rotatable bonds is 7. The molecule has 2 aromatic rings. The number of nitrogens with zero attached hydrogens (tertiary/aromatic N) is 1. The van der Waals surface area contributed by atoms with Crippen molar-refractivity contribution in [3.8, 4) is 17.2 Å². The van der Waals surface area contributed by atoms with E-state index in [0.717, 1.165) is 17.7 Å². The third-order valence-electron chi connectivity index (χ3n) is 4.60. The van der Waals surface area contributed by atoms with Crippen LogP contribution in [0.15, 0.2) is 30.3 Å². The van der Waals surface area contributed by atoms with Gasteiger partial charge in [-0.25, -0.2) is 0 Å². The fourth-order valence-corrected chi connectivity index (χ4v) is 3.52. The molecule has 1 aliphatic rings. The first-order valence-electron chi connectivity index (χ1n) is 9.57. The van der Waals surface area contributed by atoms with Gasteiger partial charge in [0.05, 0.1) is 25.5 Å². The van der Waals surface area contributed by atoms with E-state index in [4.69, 9.17) is 14.2 Å². The molecule has 144 valence electrons. The van der Waals surface area contributed by atoms with Crippen molar-refractivity contribution in [2.24, 2.45) is 0 Å². The quantitative estimate of drug-likeness (QED) is 0.726. The molecule has 0 saturated heterocycles. The van der Waals surface area contributed by atoms with Crippen molar-refractivity contribution in [3.63, 3.8) is 0 Å².